The number of rotatable bonds is 8. The molecule has 1 aliphatic heterocycles. The Labute approximate surface area is 174 Å². The van der Waals surface area contributed by atoms with E-state index < -0.39 is 0 Å². The van der Waals surface area contributed by atoms with Gasteiger partial charge in [-0.15, -0.1) is 0 Å². The van der Waals surface area contributed by atoms with Gasteiger partial charge in [0.2, 0.25) is 0 Å². The van der Waals surface area contributed by atoms with Crippen LogP contribution in [-0.2, 0) is 13.0 Å². The van der Waals surface area contributed by atoms with E-state index in [0.29, 0.717) is 24.5 Å². The van der Waals surface area contributed by atoms with Crippen molar-refractivity contribution in [2.24, 2.45) is 10.9 Å². The SMILES string of the molecule is COc1ccc(CN=C(NCCc2ccco2)NC2CN(C(C)C)CC2C)cc1. The molecule has 1 saturated heterocycles. The third-order valence-corrected chi connectivity index (χ3v) is 5.52. The topological polar surface area (TPSA) is 62.0 Å². The fraction of sp³-hybridized carbons (Fsp3) is 0.522. The van der Waals surface area contributed by atoms with Crippen LogP contribution in [0.4, 0.5) is 0 Å². The average Bonchev–Trinajstić information content (AvgIpc) is 3.36. The molecule has 1 aromatic heterocycles. The highest BCUT2D eigenvalue weighted by molar-refractivity contribution is 5.80. The van der Waals surface area contributed by atoms with Crippen LogP contribution in [0.25, 0.3) is 0 Å². The highest BCUT2D eigenvalue weighted by Gasteiger charge is 2.31. The van der Waals surface area contributed by atoms with Gasteiger partial charge < -0.3 is 19.8 Å². The van der Waals surface area contributed by atoms with E-state index in [4.69, 9.17) is 14.1 Å². The number of methoxy groups -OCH3 is 1. The minimum atomic E-state index is 0.392. The largest absolute Gasteiger partial charge is 0.497 e. The highest BCUT2D eigenvalue weighted by atomic mass is 16.5. The molecular formula is C23H34N4O2. The van der Waals surface area contributed by atoms with Crippen molar-refractivity contribution >= 4 is 5.96 Å². The molecule has 2 N–H and O–H groups in total. The predicted molar refractivity (Wildman–Crippen MR) is 117 cm³/mol. The van der Waals surface area contributed by atoms with E-state index in [9.17, 15) is 0 Å². The summed E-state index contributed by atoms with van der Waals surface area (Å²) in [5, 5.41) is 7.14. The Bertz CT molecular complexity index is 756. The van der Waals surface area contributed by atoms with Crippen molar-refractivity contribution in [1.82, 2.24) is 15.5 Å². The number of nitrogens with one attached hydrogen (secondary N) is 2. The lowest BCUT2D eigenvalue weighted by Gasteiger charge is -2.22. The maximum atomic E-state index is 5.44. The molecule has 29 heavy (non-hydrogen) atoms. The van der Waals surface area contributed by atoms with Crippen molar-refractivity contribution in [2.75, 3.05) is 26.7 Å². The van der Waals surface area contributed by atoms with E-state index >= 15 is 0 Å². The van der Waals surface area contributed by atoms with Gasteiger partial charge in [-0.05, 0) is 49.6 Å². The first-order chi connectivity index (χ1) is 14.0. The van der Waals surface area contributed by atoms with Crippen molar-refractivity contribution in [3.8, 4) is 5.75 Å². The predicted octanol–water partition coefficient (Wildman–Crippen LogP) is 3.29. The van der Waals surface area contributed by atoms with Crippen molar-refractivity contribution in [2.45, 2.75) is 45.8 Å². The van der Waals surface area contributed by atoms with Gasteiger partial charge in [-0.2, -0.15) is 0 Å². The minimum Gasteiger partial charge on any atom is -0.497 e. The molecular weight excluding hydrogens is 364 g/mol. The van der Waals surface area contributed by atoms with E-state index in [-0.39, 0.29) is 0 Å². The highest BCUT2D eigenvalue weighted by Crippen LogP contribution is 2.18. The summed E-state index contributed by atoms with van der Waals surface area (Å²) in [6, 6.07) is 12.9. The number of ether oxygens (including phenoxy) is 1. The zero-order valence-corrected chi connectivity index (χ0v) is 18.0. The summed E-state index contributed by atoms with van der Waals surface area (Å²) < 4.78 is 10.7. The monoisotopic (exact) mass is 398 g/mol. The average molecular weight is 399 g/mol. The van der Waals surface area contributed by atoms with E-state index in [1.165, 1.54) is 0 Å². The maximum Gasteiger partial charge on any atom is 0.191 e. The molecule has 1 fully saturated rings. The third kappa shape index (κ3) is 6.26. The van der Waals surface area contributed by atoms with Crippen LogP contribution < -0.4 is 15.4 Å². The number of aliphatic imine (C=N–C) groups is 1. The Morgan fingerprint density at radius 1 is 1.24 bits per heavy atom. The summed E-state index contributed by atoms with van der Waals surface area (Å²) >= 11 is 0. The molecule has 6 heteroatoms. The van der Waals surface area contributed by atoms with Crippen molar-refractivity contribution < 1.29 is 9.15 Å². The van der Waals surface area contributed by atoms with Crippen LogP contribution in [0, 0.1) is 5.92 Å². The second-order valence-corrected chi connectivity index (χ2v) is 8.04. The molecule has 3 rings (SSSR count). The summed E-state index contributed by atoms with van der Waals surface area (Å²) in [6.07, 6.45) is 2.54. The summed E-state index contributed by atoms with van der Waals surface area (Å²) in [7, 11) is 1.68. The van der Waals surface area contributed by atoms with Crippen molar-refractivity contribution in [3.05, 3.63) is 54.0 Å². The Hall–Kier alpha value is -2.47. The van der Waals surface area contributed by atoms with Crippen molar-refractivity contribution in [3.63, 3.8) is 0 Å². The minimum absolute atomic E-state index is 0.392. The van der Waals surface area contributed by atoms with Crippen LogP contribution in [0.15, 0.2) is 52.1 Å². The molecule has 0 saturated carbocycles. The van der Waals surface area contributed by atoms with Crippen LogP contribution in [0.3, 0.4) is 0 Å². The fourth-order valence-electron chi connectivity index (χ4n) is 3.60. The number of nitrogens with zero attached hydrogens (tertiary/aromatic N) is 2. The third-order valence-electron chi connectivity index (χ3n) is 5.52. The lowest BCUT2D eigenvalue weighted by Crippen LogP contribution is -2.47. The molecule has 0 bridgehead atoms. The Morgan fingerprint density at radius 2 is 2.03 bits per heavy atom. The standard InChI is InChI=1S/C23H34N4O2/c1-17(2)27-15-18(3)22(16-27)26-23(24-12-11-21-6-5-13-29-21)25-14-19-7-9-20(28-4)10-8-19/h5-10,13,17-18,22H,11-12,14-16H2,1-4H3,(H2,24,25,26). The Morgan fingerprint density at radius 3 is 2.66 bits per heavy atom. The number of likely N-dealkylation sites (tertiary alicyclic amines) is 1. The van der Waals surface area contributed by atoms with Gasteiger partial charge in [-0.3, -0.25) is 4.90 Å². The summed E-state index contributed by atoms with van der Waals surface area (Å²) in [4.78, 5) is 7.36. The zero-order chi connectivity index (χ0) is 20.6. The molecule has 2 heterocycles. The van der Waals surface area contributed by atoms with Crippen molar-refractivity contribution in [1.29, 1.82) is 0 Å². The van der Waals surface area contributed by atoms with Gasteiger partial charge in [-0.1, -0.05) is 19.1 Å². The molecule has 2 atom stereocenters. The second-order valence-electron chi connectivity index (χ2n) is 8.04. The fourth-order valence-corrected chi connectivity index (χ4v) is 3.60. The normalized spacial score (nSPS) is 20.2. The molecule has 0 radical (unpaired) electrons. The Kier molecular flexibility index (Phi) is 7.58. The molecule has 2 unspecified atom stereocenters. The molecule has 0 amide bonds. The first-order valence-electron chi connectivity index (χ1n) is 10.5. The number of furan rings is 1. The van der Waals surface area contributed by atoms with E-state index in [1.54, 1.807) is 13.4 Å². The smallest absolute Gasteiger partial charge is 0.191 e. The summed E-state index contributed by atoms with van der Waals surface area (Å²) in [5.41, 5.74) is 1.15. The van der Waals surface area contributed by atoms with Gasteiger partial charge in [0.25, 0.3) is 0 Å². The lowest BCUT2D eigenvalue weighted by molar-refractivity contribution is 0.265. The molecule has 1 aromatic carbocycles. The number of benzene rings is 1. The van der Waals surface area contributed by atoms with E-state index in [0.717, 1.165) is 49.1 Å². The van der Waals surface area contributed by atoms with Crippen LogP contribution in [-0.4, -0.2) is 49.7 Å². The quantitative estimate of drug-likeness (QED) is 0.528. The molecule has 2 aromatic rings. The molecule has 0 aliphatic carbocycles. The van der Waals surface area contributed by atoms with Gasteiger partial charge in [-0.25, -0.2) is 4.99 Å². The van der Waals surface area contributed by atoms with Crippen LogP contribution in [0.2, 0.25) is 0 Å². The second kappa shape index (κ2) is 10.3. The molecule has 158 valence electrons. The zero-order valence-electron chi connectivity index (χ0n) is 18.0. The van der Waals surface area contributed by atoms with Gasteiger partial charge >= 0.3 is 0 Å². The van der Waals surface area contributed by atoms with Gasteiger partial charge in [0, 0.05) is 38.1 Å². The van der Waals surface area contributed by atoms with Gasteiger partial charge in [0.15, 0.2) is 5.96 Å². The number of guanidine groups is 1. The van der Waals surface area contributed by atoms with E-state index in [1.807, 2.05) is 24.3 Å². The van der Waals surface area contributed by atoms with Crippen LogP contribution in [0.5, 0.6) is 5.75 Å². The Balaban J connectivity index is 1.63. The molecule has 1 aliphatic rings. The van der Waals surface area contributed by atoms with Gasteiger partial charge in [0.05, 0.1) is 19.9 Å². The number of hydrogen-bond acceptors (Lipinski definition) is 4. The summed E-state index contributed by atoms with van der Waals surface area (Å²) in [6.45, 7) is 10.4. The van der Waals surface area contributed by atoms with Crippen LogP contribution in [0.1, 0.15) is 32.1 Å². The van der Waals surface area contributed by atoms with Gasteiger partial charge in [0.1, 0.15) is 11.5 Å². The lowest BCUT2D eigenvalue weighted by atomic mass is 10.1. The maximum absolute atomic E-state index is 5.44. The van der Waals surface area contributed by atoms with Crippen LogP contribution >= 0.6 is 0 Å². The molecule has 6 nitrogen and oxygen atoms in total. The van der Waals surface area contributed by atoms with E-state index in [2.05, 4.69) is 48.4 Å². The first-order valence-corrected chi connectivity index (χ1v) is 10.5. The number of hydrogen-bond donors (Lipinski definition) is 2. The first kappa shape index (κ1) is 21.2. The molecule has 0 spiro atoms. The summed E-state index contributed by atoms with van der Waals surface area (Å²) in [5.74, 6) is 3.28.